The number of rotatable bonds is 3. The van der Waals surface area contributed by atoms with Crippen LogP contribution in [-0.2, 0) is 0 Å². The highest BCUT2D eigenvalue weighted by molar-refractivity contribution is 5.67. The number of nitrogens with two attached hydrogens (primary N) is 1. The second-order valence-electron chi connectivity index (χ2n) is 4.26. The molecule has 5 nitrogen and oxygen atoms in total. The molecular formula is C15H14N4O. The van der Waals surface area contributed by atoms with E-state index in [9.17, 15) is 0 Å². The fourth-order valence-electron chi connectivity index (χ4n) is 1.59. The van der Waals surface area contributed by atoms with Gasteiger partial charge in [-0.1, -0.05) is 12.5 Å². The van der Waals surface area contributed by atoms with E-state index in [2.05, 4.69) is 27.5 Å². The molecule has 0 aliphatic heterocycles. The molecule has 2 aromatic heterocycles. The number of aryl methyl sites for hydroxylation is 1. The van der Waals surface area contributed by atoms with Crippen molar-refractivity contribution in [3.8, 4) is 23.8 Å². The number of nitrogens with zero attached hydrogens (tertiary/aromatic N) is 3. The Labute approximate surface area is 117 Å². The normalized spacial score (nSPS) is 9.85. The van der Waals surface area contributed by atoms with E-state index >= 15 is 0 Å². The topological polar surface area (TPSA) is 73.9 Å². The molecule has 0 amide bonds. The molecular weight excluding hydrogens is 252 g/mol. The van der Waals surface area contributed by atoms with Gasteiger partial charge in [0.05, 0.1) is 6.20 Å². The number of anilines is 1. The summed E-state index contributed by atoms with van der Waals surface area (Å²) in [5.41, 5.74) is 7.84. The van der Waals surface area contributed by atoms with Crippen molar-refractivity contribution in [2.75, 3.05) is 5.73 Å². The molecule has 0 saturated carbocycles. The van der Waals surface area contributed by atoms with Gasteiger partial charge >= 0.3 is 0 Å². The zero-order valence-corrected chi connectivity index (χ0v) is 11.3. The Bertz CT molecular complexity index is 716. The summed E-state index contributed by atoms with van der Waals surface area (Å²) < 4.78 is 5.75. The molecule has 0 spiro atoms. The standard InChI is InChI=1S/C15H14N4O/c1-5-11-6-13(12(7-18-11)9(2)3)20-14-8-17-10(4)19-15(14)16/h1,6-8H,2H2,3-4H3,(H2,16,17,19). The maximum Gasteiger partial charge on any atom is 0.187 e. The van der Waals surface area contributed by atoms with Gasteiger partial charge in [0.15, 0.2) is 11.6 Å². The number of nitrogen functional groups attached to an aromatic ring is 1. The van der Waals surface area contributed by atoms with Crippen LogP contribution < -0.4 is 10.5 Å². The highest BCUT2D eigenvalue weighted by Crippen LogP contribution is 2.31. The first kappa shape index (κ1) is 13.6. The molecule has 5 heteroatoms. The molecule has 0 radical (unpaired) electrons. The van der Waals surface area contributed by atoms with Gasteiger partial charge in [-0.05, 0) is 19.4 Å². The van der Waals surface area contributed by atoms with Crippen LogP contribution in [0.15, 0.2) is 25.0 Å². The van der Waals surface area contributed by atoms with Gasteiger partial charge < -0.3 is 10.5 Å². The molecule has 0 fully saturated rings. The van der Waals surface area contributed by atoms with Crippen LogP contribution in [0.5, 0.6) is 11.5 Å². The molecule has 0 unspecified atom stereocenters. The van der Waals surface area contributed by atoms with Crippen LogP contribution in [0, 0.1) is 19.3 Å². The molecule has 0 aliphatic carbocycles. The fraction of sp³-hybridized carbons (Fsp3) is 0.133. The Morgan fingerprint density at radius 1 is 1.35 bits per heavy atom. The van der Waals surface area contributed by atoms with Crippen molar-refractivity contribution in [1.29, 1.82) is 0 Å². The first-order valence-electron chi connectivity index (χ1n) is 5.90. The van der Waals surface area contributed by atoms with Crippen LogP contribution >= 0.6 is 0 Å². The number of ether oxygens (including phenoxy) is 1. The summed E-state index contributed by atoms with van der Waals surface area (Å²) in [5, 5.41) is 0. The Morgan fingerprint density at radius 3 is 2.70 bits per heavy atom. The molecule has 2 N–H and O–H groups in total. The van der Waals surface area contributed by atoms with Crippen molar-refractivity contribution < 1.29 is 4.74 Å². The van der Waals surface area contributed by atoms with Crippen molar-refractivity contribution in [2.45, 2.75) is 13.8 Å². The maximum atomic E-state index is 5.81. The van der Waals surface area contributed by atoms with Crippen LogP contribution in [0.1, 0.15) is 24.0 Å². The number of pyridine rings is 1. The van der Waals surface area contributed by atoms with Crippen molar-refractivity contribution in [3.63, 3.8) is 0 Å². The Kier molecular flexibility index (Phi) is 3.67. The molecule has 2 rings (SSSR count). The van der Waals surface area contributed by atoms with Crippen LogP contribution in [0.4, 0.5) is 5.82 Å². The molecule has 0 atom stereocenters. The van der Waals surface area contributed by atoms with Crippen LogP contribution in [0.2, 0.25) is 0 Å². The summed E-state index contributed by atoms with van der Waals surface area (Å²) in [7, 11) is 0. The lowest BCUT2D eigenvalue weighted by atomic mass is 10.1. The number of hydrogen-bond donors (Lipinski definition) is 1. The summed E-state index contributed by atoms with van der Waals surface area (Å²) in [6.45, 7) is 7.49. The zero-order valence-electron chi connectivity index (χ0n) is 11.3. The Balaban J connectivity index is 2.46. The van der Waals surface area contributed by atoms with Crippen molar-refractivity contribution in [1.82, 2.24) is 15.0 Å². The lowest BCUT2D eigenvalue weighted by molar-refractivity contribution is 0.477. The van der Waals surface area contributed by atoms with Crippen LogP contribution in [-0.4, -0.2) is 15.0 Å². The minimum absolute atomic E-state index is 0.268. The molecule has 2 heterocycles. The summed E-state index contributed by atoms with van der Waals surface area (Å²) in [6.07, 6.45) is 8.49. The molecule has 0 aromatic carbocycles. The third-order valence-electron chi connectivity index (χ3n) is 2.60. The number of terminal acetylenes is 1. The van der Waals surface area contributed by atoms with Gasteiger partial charge in [-0.25, -0.2) is 15.0 Å². The monoisotopic (exact) mass is 266 g/mol. The summed E-state index contributed by atoms with van der Waals surface area (Å²) >= 11 is 0. The number of aromatic nitrogens is 3. The van der Waals surface area contributed by atoms with E-state index in [-0.39, 0.29) is 5.82 Å². The second-order valence-corrected chi connectivity index (χ2v) is 4.26. The highest BCUT2D eigenvalue weighted by Gasteiger charge is 2.11. The summed E-state index contributed by atoms with van der Waals surface area (Å²) in [6, 6.07) is 1.66. The average Bonchev–Trinajstić information content (AvgIpc) is 2.41. The van der Waals surface area contributed by atoms with Crippen LogP contribution in [0.3, 0.4) is 0 Å². The predicted octanol–water partition coefficient (Wildman–Crippen LogP) is 2.57. The highest BCUT2D eigenvalue weighted by atomic mass is 16.5. The van der Waals surface area contributed by atoms with Gasteiger partial charge in [-0.15, -0.1) is 6.42 Å². The first-order chi connectivity index (χ1) is 9.51. The zero-order chi connectivity index (χ0) is 14.7. The first-order valence-corrected chi connectivity index (χ1v) is 5.90. The Hall–Kier alpha value is -2.87. The quantitative estimate of drug-likeness (QED) is 0.864. The fourth-order valence-corrected chi connectivity index (χ4v) is 1.59. The SMILES string of the molecule is C#Cc1cc(Oc2cnc(C)nc2N)c(C(=C)C)cn1. The number of allylic oxidation sites excluding steroid dienone is 1. The lowest BCUT2D eigenvalue weighted by Crippen LogP contribution is -2.00. The van der Waals surface area contributed by atoms with Gasteiger partial charge in [0, 0.05) is 17.8 Å². The van der Waals surface area contributed by atoms with Gasteiger partial charge in [0.2, 0.25) is 0 Å². The van der Waals surface area contributed by atoms with Crippen LogP contribution in [0.25, 0.3) is 5.57 Å². The van der Waals surface area contributed by atoms with Crippen molar-refractivity contribution in [3.05, 3.63) is 42.1 Å². The van der Waals surface area contributed by atoms with E-state index < -0.39 is 0 Å². The molecule has 20 heavy (non-hydrogen) atoms. The van der Waals surface area contributed by atoms with E-state index in [1.165, 1.54) is 6.20 Å². The maximum absolute atomic E-state index is 5.81. The Morgan fingerprint density at radius 2 is 2.10 bits per heavy atom. The van der Waals surface area contributed by atoms with E-state index in [4.69, 9.17) is 16.9 Å². The van der Waals surface area contributed by atoms with E-state index in [0.717, 1.165) is 11.1 Å². The van der Waals surface area contributed by atoms with Gasteiger partial charge in [0.25, 0.3) is 0 Å². The third kappa shape index (κ3) is 2.75. The molecule has 2 aromatic rings. The van der Waals surface area contributed by atoms with Gasteiger partial charge in [0.1, 0.15) is 17.3 Å². The van der Waals surface area contributed by atoms with E-state index in [1.54, 1.807) is 19.2 Å². The van der Waals surface area contributed by atoms with Crippen molar-refractivity contribution >= 4 is 11.4 Å². The van der Waals surface area contributed by atoms with Gasteiger partial charge in [-0.3, -0.25) is 0 Å². The summed E-state index contributed by atoms with van der Waals surface area (Å²) in [5.74, 6) is 4.20. The lowest BCUT2D eigenvalue weighted by Gasteiger charge is -2.12. The largest absolute Gasteiger partial charge is 0.451 e. The second kappa shape index (κ2) is 5.41. The predicted molar refractivity (Wildman–Crippen MR) is 78.1 cm³/mol. The summed E-state index contributed by atoms with van der Waals surface area (Å²) in [4.78, 5) is 12.2. The minimum atomic E-state index is 0.268. The molecule has 0 saturated heterocycles. The molecule has 100 valence electrons. The smallest absolute Gasteiger partial charge is 0.187 e. The van der Waals surface area contributed by atoms with Crippen molar-refractivity contribution in [2.24, 2.45) is 0 Å². The average molecular weight is 266 g/mol. The number of hydrogen-bond acceptors (Lipinski definition) is 5. The van der Waals surface area contributed by atoms with E-state index in [1.807, 2.05) is 6.92 Å². The molecule has 0 aliphatic rings. The van der Waals surface area contributed by atoms with Gasteiger partial charge in [-0.2, -0.15) is 0 Å². The third-order valence-corrected chi connectivity index (χ3v) is 2.60. The van der Waals surface area contributed by atoms with E-state index in [0.29, 0.717) is 23.0 Å². The minimum Gasteiger partial charge on any atom is -0.451 e. The molecule has 0 bridgehead atoms.